The smallest absolute Gasteiger partial charge is 0.258 e. The molecule has 1 amide bonds. The van der Waals surface area contributed by atoms with Gasteiger partial charge >= 0.3 is 0 Å². The number of carbonyl (C=O) groups is 1. The highest BCUT2D eigenvalue weighted by atomic mass is 79.9. The van der Waals surface area contributed by atoms with E-state index in [9.17, 15) is 9.18 Å². The Hall–Kier alpha value is -1.68. The van der Waals surface area contributed by atoms with Gasteiger partial charge < -0.3 is 5.32 Å². The summed E-state index contributed by atoms with van der Waals surface area (Å²) < 4.78 is 13.7. The second-order valence-electron chi connectivity index (χ2n) is 4.27. The van der Waals surface area contributed by atoms with E-state index in [1.54, 1.807) is 25.1 Å². The fourth-order valence-electron chi connectivity index (χ4n) is 1.68. The molecule has 0 bridgehead atoms. The van der Waals surface area contributed by atoms with Gasteiger partial charge in [-0.25, -0.2) is 4.39 Å². The van der Waals surface area contributed by atoms with Gasteiger partial charge in [0.05, 0.1) is 5.56 Å². The molecule has 2 rings (SSSR count). The van der Waals surface area contributed by atoms with Crippen LogP contribution in [0.1, 0.15) is 21.5 Å². The van der Waals surface area contributed by atoms with Gasteiger partial charge in [-0.1, -0.05) is 34.1 Å². The summed E-state index contributed by atoms with van der Waals surface area (Å²) in [6.45, 7) is 1.78. The predicted molar refractivity (Wildman–Crippen MR) is 78.2 cm³/mol. The number of benzene rings is 2. The third kappa shape index (κ3) is 3.41. The molecule has 19 heavy (non-hydrogen) atoms. The lowest BCUT2D eigenvalue weighted by atomic mass is 10.1. The van der Waals surface area contributed by atoms with Gasteiger partial charge in [0.1, 0.15) is 5.82 Å². The average molecular weight is 322 g/mol. The van der Waals surface area contributed by atoms with E-state index < -0.39 is 11.7 Å². The lowest BCUT2D eigenvalue weighted by Crippen LogP contribution is -2.13. The molecule has 0 saturated carbocycles. The van der Waals surface area contributed by atoms with Crippen LogP contribution in [0.2, 0.25) is 0 Å². The lowest BCUT2D eigenvalue weighted by Gasteiger charge is -2.07. The van der Waals surface area contributed by atoms with E-state index in [-0.39, 0.29) is 5.56 Å². The molecule has 0 saturated heterocycles. The fraction of sp³-hybridized carbons (Fsp3) is 0.133. The molecule has 0 spiro atoms. The normalized spacial score (nSPS) is 10.3. The molecule has 1 N–H and O–H groups in total. The summed E-state index contributed by atoms with van der Waals surface area (Å²) in [6.07, 6.45) is 0. The Morgan fingerprint density at radius 2 is 1.89 bits per heavy atom. The maximum absolute atomic E-state index is 13.7. The van der Waals surface area contributed by atoms with Crippen LogP contribution in [0.25, 0.3) is 0 Å². The summed E-state index contributed by atoms with van der Waals surface area (Å²) in [5, 5.41) is 3.43. The van der Waals surface area contributed by atoms with Crippen LogP contribution < -0.4 is 5.32 Å². The zero-order valence-electron chi connectivity index (χ0n) is 10.4. The quantitative estimate of drug-likeness (QED) is 0.840. The second kappa shape index (κ2) is 5.97. The molecule has 0 atom stereocenters. The number of halogens is 2. The Balaban J connectivity index is 2.15. The van der Waals surface area contributed by atoms with E-state index in [2.05, 4.69) is 21.2 Å². The van der Waals surface area contributed by atoms with Crippen LogP contribution in [-0.4, -0.2) is 5.91 Å². The van der Waals surface area contributed by atoms with Crippen molar-refractivity contribution in [3.05, 3.63) is 65.0 Å². The standard InChI is InChI=1S/C15H13BrFNO/c1-10-2-7-13(14(17)8-10)15(19)18-12-5-3-11(9-16)4-6-12/h2-8H,9H2,1H3,(H,18,19). The molecule has 0 aliphatic heterocycles. The summed E-state index contributed by atoms with van der Waals surface area (Å²) in [5.41, 5.74) is 2.60. The highest BCUT2D eigenvalue weighted by Crippen LogP contribution is 2.15. The Kier molecular flexibility index (Phi) is 4.32. The number of hydrogen-bond acceptors (Lipinski definition) is 1. The Bertz CT molecular complexity index is 596. The molecule has 0 fully saturated rings. The number of aryl methyl sites for hydroxylation is 1. The number of rotatable bonds is 3. The van der Waals surface area contributed by atoms with Gasteiger partial charge in [0.25, 0.3) is 5.91 Å². The molecule has 0 unspecified atom stereocenters. The Morgan fingerprint density at radius 3 is 2.47 bits per heavy atom. The van der Waals surface area contributed by atoms with Crippen LogP contribution in [0.5, 0.6) is 0 Å². The zero-order valence-corrected chi connectivity index (χ0v) is 12.0. The number of hydrogen-bond donors (Lipinski definition) is 1. The van der Waals surface area contributed by atoms with Gasteiger partial charge in [-0.05, 0) is 42.3 Å². The van der Waals surface area contributed by atoms with Gasteiger partial charge in [0.15, 0.2) is 0 Å². The van der Waals surface area contributed by atoms with Crippen molar-refractivity contribution in [1.82, 2.24) is 0 Å². The van der Waals surface area contributed by atoms with E-state index in [0.29, 0.717) is 5.69 Å². The second-order valence-corrected chi connectivity index (χ2v) is 4.83. The third-order valence-corrected chi connectivity index (χ3v) is 3.38. The average Bonchev–Trinajstić information content (AvgIpc) is 2.39. The van der Waals surface area contributed by atoms with Gasteiger partial charge in [-0.3, -0.25) is 4.79 Å². The molecule has 98 valence electrons. The third-order valence-electron chi connectivity index (χ3n) is 2.74. The summed E-state index contributed by atoms with van der Waals surface area (Å²) in [6, 6.07) is 11.9. The van der Waals surface area contributed by atoms with E-state index in [4.69, 9.17) is 0 Å². The molecule has 0 aliphatic carbocycles. The molecule has 0 heterocycles. The highest BCUT2D eigenvalue weighted by Gasteiger charge is 2.11. The number of alkyl halides is 1. The molecule has 2 aromatic rings. The van der Waals surface area contributed by atoms with E-state index in [0.717, 1.165) is 16.5 Å². The minimum Gasteiger partial charge on any atom is -0.322 e. The van der Waals surface area contributed by atoms with Crippen LogP contribution in [0, 0.1) is 12.7 Å². The SMILES string of the molecule is Cc1ccc(C(=O)Nc2ccc(CBr)cc2)c(F)c1. The van der Waals surface area contributed by atoms with E-state index >= 15 is 0 Å². The fourth-order valence-corrected chi connectivity index (χ4v) is 2.05. The molecule has 0 aliphatic rings. The molecule has 0 radical (unpaired) electrons. The van der Waals surface area contributed by atoms with Crippen LogP contribution in [-0.2, 0) is 5.33 Å². The Morgan fingerprint density at radius 1 is 1.21 bits per heavy atom. The molecular weight excluding hydrogens is 309 g/mol. The molecular formula is C15H13BrFNO. The summed E-state index contributed by atoms with van der Waals surface area (Å²) in [4.78, 5) is 11.9. The number of carbonyl (C=O) groups excluding carboxylic acids is 1. The highest BCUT2D eigenvalue weighted by molar-refractivity contribution is 9.08. The number of amides is 1. The van der Waals surface area contributed by atoms with Crippen molar-refractivity contribution in [1.29, 1.82) is 0 Å². The van der Waals surface area contributed by atoms with Crippen LogP contribution >= 0.6 is 15.9 Å². The first-order valence-corrected chi connectivity index (χ1v) is 6.94. The number of nitrogens with one attached hydrogen (secondary N) is 1. The van der Waals surface area contributed by atoms with Gasteiger partial charge in [-0.15, -0.1) is 0 Å². The maximum Gasteiger partial charge on any atom is 0.258 e. The van der Waals surface area contributed by atoms with Crippen molar-refractivity contribution in [3.63, 3.8) is 0 Å². The number of anilines is 1. The predicted octanol–water partition coefficient (Wildman–Crippen LogP) is 4.28. The molecule has 0 aromatic heterocycles. The largest absolute Gasteiger partial charge is 0.322 e. The van der Waals surface area contributed by atoms with E-state index in [1.807, 2.05) is 12.1 Å². The minimum atomic E-state index is -0.505. The van der Waals surface area contributed by atoms with Gasteiger partial charge in [-0.2, -0.15) is 0 Å². The first-order valence-electron chi connectivity index (χ1n) is 5.82. The maximum atomic E-state index is 13.7. The topological polar surface area (TPSA) is 29.1 Å². The Labute approximate surface area is 119 Å². The van der Waals surface area contributed by atoms with Gasteiger partial charge in [0, 0.05) is 11.0 Å². The zero-order chi connectivity index (χ0) is 13.8. The van der Waals surface area contributed by atoms with Crippen molar-refractivity contribution in [2.75, 3.05) is 5.32 Å². The summed E-state index contributed by atoms with van der Waals surface area (Å²) in [5.74, 6) is -0.946. The van der Waals surface area contributed by atoms with Crippen LogP contribution in [0.15, 0.2) is 42.5 Å². The van der Waals surface area contributed by atoms with Gasteiger partial charge in [0.2, 0.25) is 0 Å². The van der Waals surface area contributed by atoms with Crippen LogP contribution in [0.4, 0.5) is 10.1 Å². The first kappa shape index (κ1) is 13.7. The van der Waals surface area contributed by atoms with E-state index in [1.165, 1.54) is 12.1 Å². The van der Waals surface area contributed by atoms with Crippen molar-refractivity contribution >= 4 is 27.5 Å². The first-order chi connectivity index (χ1) is 9.10. The summed E-state index contributed by atoms with van der Waals surface area (Å²) >= 11 is 3.35. The van der Waals surface area contributed by atoms with Crippen LogP contribution in [0.3, 0.4) is 0 Å². The summed E-state index contributed by atoms with van der Waals surface area (Å²) in [7, 11) is 0. The lowest BCUT2D eigenvalue weighted by molar-refractivity contribution is 0.102. The molecule has 2 aromatic carbocycles. The molecule has 2 nitrogen and oxygen atoms in total. The minimum absolute atomic E-state index is 0.0511. The molecule has 4 heteroatoms. The van der Waals surface area contributed by atoms with Crippen molar-refractivity contribution in [2.45, 2.75) is 12.3 Å². The van der Waals surface area contributed by atoms with Crippen molar-refractivity contribution < 1.29 is 9.18 Å². The van der Waals surface area contributed by atoms with Crippen molar-refractivity contribution in [2.24, 2.45) is 0 Å². The van der Waals surface area contributed by atoms with Crippen molar-refractivity contribution in [3.8, 4) is 0 Å². The monoisotopic (exact) mass is 321 g/mol.